The van der Waals surface area contributed by atoms with Gasteiger partial charge in [0.2, 0.25) is 0 Å². The van der Waals surface area contributed by atoms with Gasteiger partial charge in [-0.15, -0.1) is 0 Å². The number of benzene rings is 1. The fourth-order valence-electron chi connectivity index (χ4n) is 1.11. The molecule has 1 aromatic rings. The van der Waals surface area contributed by atoms with Crippen molar-refractivity contribution in [3.05, 3.63) is 29.6 Å². The molecule has 1 saturated heterocycles. The summed E-state index contributed by atoms with van der Waals surface area (Å²) in [5.74, 6) is -1.77. The second-order valence-corrected chi connectivity index (χ2v) is 3.21. The Balaban J connectivity index is 2.06. The Labute approximate surface area is 85.2 Å². The van der Waals surface area contributed by atoms with Gasteiger partial charge in [0.15, 0.2) is 0 Å². The van der Waals surface area contributed by atoms with Gasteiger partial charge >= 0.3 is 5.97 Å². The van der Waals surface area contributed by atoms with E-state index in [1.807, 2.05) is 0 Å². The molecule has 80 valence electrons. The smallest absolute Gasteiger partial charge is 0.338 e. The van der Waals surface area contributed by atoms with E-state index >= 15 is 0 Å². The topological polar surface area (TPSA) is 59.1 Å². The molecule has 0 unspecified atom stereocenters. The van der Waals surface area contributed by atoms with E-state index in [4.69, 9.17) is 14.6 Å². The van der Waals surface area contributed by atoms with Crippen LogP contribution in [0.2, 0.25) is 0 Å². The third-order valence-corrected chi connectivity index (χ3v) is 2.01. The van der Waals surface area contributed by atoms with Gasteiger partial charge in [0.25, 0.3) is 0 Å². The third kappa shape index (κ3) is 2.44. The number of carbonyl (C=O) groups is 1. The molecule has 5 heteroatoms. The average molecular weight is 212 g/mol. The maximum Gasteiger partial charge on any atom is 0.338 e. The van der Waals surface area contributed by atoms with Crippen LogP contribution in [0.5, 0.6) is 5.75 Å². The van der Waals surface area contributed by atoms with Crippen molar-refractivity contribution >= 4 is 5.97 Å². The van der Waals surface area contributed by atoms with Crippen molar-refractivity contribution in [2.45, 2.75) is 6.10 Å². The Morgan fingerprint density at radius 2 is 2.40 bits per heavy atom. The summed E-state index contributed by atoms with van der Waals surface area (Å²) in [4.78, 5) is 10.5. The predicted octanol–water partition coefficient (Wildman–Crippen LogP) is 1.30. The standard InChI is InChI=1S/C10H9FO4/c11-9-3-6(14-4-7-5-15-7)1-2-8(9)10(12)13/h1-3,7H,4-5H2,(H,12,13)/t7-/m1/s1. The fraction of sp³-hybridized carbons (Fsp3) is 0.300. The zero-order valence-electron chi connectivity index (χ0n) is 7.77. The van der Waals surface area contributed by atoms with Crippen LogP contribution in [-0.4, -0.2) is 30.4 Å². The fourth-order valence-corrected chi connectivity index (χ4v) is 1.11. The highest BCUT2D eigenvalue weighted by Gasteiger charge is 2.23. The molecule has 0 saturated carbocycles. The summed E-state index contributed by atoms with van der Waals surface area (Å²) in [5.41, 5.74) is -0.356. The van der Waals surface area contributed by atoms with Gasteiger partial charge in [-0.1, -0.05) is 0 Å². The minimum atomic E-state index is -1.29. The number of rotatable bonds is 4. The normalized spacial score (nSPS) is 18.6. The van der Waals surface area contributed by atoms with Crippen LogP contribution < -0.4 is 4.74 Å². The van der Waals surface area contributed by atoms with Crippen LogP contribution in [0, 0.1) is 5.82 Å². The van der Waals surface area contributed by atoms with Crippen LogP contribution in [0.4, 0.5) is 4.39 Å². The largest absolute Gasteiger partial charge is 0.491 e. The Bertz CT molecular complexity index is 387. The van der Waals surface area contributed by atoms with Crippen molar-refractivity contribution in [2.24, 2.45) is 0 Å². The summed E-state index contributed by atoms with van der Waals surface area (Å²) >= 11 is 0. The zero-order valence-corrected chi connectivity index (χ0v) is 7.77. The van der Waals surface area contributed by atoms with Gasteiger partial charge in [-0.25, -0.2) is 9.18 Å². The monoisotopic (exact) mass is 212 g/mol. The first kappa shape index (κ1) is 9.92. The van der Waals surface area contributed by atoms with E-state index < -0.39 is 11.8 Å². The molecule has 1 fully saturated rings. The number of ether oxygens (including phenoxy) is 2. The first-order valence-corrected chi connectivity index (χ1v) is 4.44. The molecule has 1 aliphatic heterocycles. The molecular weight excluding hydrogens is 203 g/mol. The number of epoxide rings is 1. The van der Waals surface area contributed by atoms with E-state index in [2.05, 4.69) is 0 Å². The lowest BCUT2D eigenvalue weighted by molar-refractivity contribution is 0.0692. The van der Waals surface area contributed by atoms with E-state index in [0.29, 0.717) is 19.0 Å². The lowest BCUT2D eigenvalue weighted by Gasteiger charge is -2.04. The molecule has 2 rings (SSSR count). The highest BCUT2D eigenvalue weighted by Crippen LogP contribution is 2.18. The van der Waals surface area contributed by atoms with Crippen molar-refractivity contribution in [3.8, 4) is 5.75 Å². The quantitative estimate of drug-likeness (QED) is 0.764. The van der Waals surface area contributed by atoms with Gasteiger partial charge in [0.1, 0.15) is 24.3 Å². The van der Waals surface area contributed by atoms with Crippen molar-refractivity contribution in [2.75, 3.05) is 13.2 Å². The summed E-state index contributed by atoms with van der Waals surface area (Å²) in [6, 6.07) is 3.67. The van der Waals surface area contributed by atoms with E-state index in [1.165, 1.54) is 12.1 Å². The van der Waals surface area contributed by atoms with Gasteiger partial charge in [0, 0.05) is 6.07 Å². The average Bonchev–Trinajstić information content (AvgIpc) is 2.97. The minimum absolute atomic E-state index is 0.0900. The molecule has 1 aliphatic rings. The molecule has 0 bridgehead atoms. The Kier molecular flexibility index (Phi) is 2.55. The van der Waals surface area contributed by atoms with Crippen molar-refractivity contribution < 1.29 is 23.8 Å². The molecule has 15 heavy (non-hydrogen) atoms. The first-order chi connectivity index (χ1) is 7.16. The van der Waals surface area contributed by atoms with Gasteiger partial charge in [-0.2, -0.15) is 0 Å². The number of hydrogen-bond donors (Lipinski definition) is 1. The second-order valence-electron chi connectivity index (χ2n) is 3.21. The molecular formula is C10H9FO4. The SMILES string of the molecule is O=C(O)c1ccc(OC[C@@H]2CO2)cc1F. The molecule has 0 aliphatic carbocycles. The zero-order chi connectivity index (χ0) is 10.8. The lowest BCUT2D eigenvalue weighted by Crippen LogP contribution is -2.05. The molecule has 0 spiro atoms. The molecule has 1 aromatic carbocycles. The number of carboxylic acids is 1. The molecule has 1 N–H and O–H groups in total. The van der Waals surface area contributed by atoms with Crippen LogP contribution >= 0.6 is 0 Å². The van der Waals surface area contributed by atoms with Crippen LogP contribution in [0.3, 0.4) is 0 Å². The summed E-state index contributed by atoms with van der Waals surface area (Å²) < 4.78 is 23.2. The molecule has 4 nitrogen and oxygen atoms in total. The van der Waals surface area contributed by atoms with E-state index in [9.17, 15) is 9.18 Å². The Morgan fingerprint density at radius 3 is 2.93 bits per heavy atom. The van der Waals surface area contributed by atoms with Crippen molar-refractivity contribution in [3.63, 3.8) is 0 Å². The van der Waals surface area contributed by atoms with Crippen molar-refractivity contribution in [1.82, 2.24) is 0 Å². The van der Waals surface area contributed by atoms with Gasteiger partial charge in [-0.05, 0) is 12.1 Å². The molecule has 0 aromatic heterocycles. The van der Waals surface area contributed by atoms with Crippen LogP contribution in [0.15, 0.2) is 18.2 Å². The van der Waals surface area contributed by atoms with Gasteiger partial charge in [-0.3, -0.25) is 0 Å². The molecule has 0 amide bonds. The predicted molar refractivity (Wildman–Crippen MR) is 48.6 cm³/mol. The van der Waals surface area contributed by atoms with Crippen molar-refractivity contribution in [1.29, 1.82) is 0 Å². The van der Waals surface area contributed by atoms with Crippen LogP contribution in [0.1, 0.15) is 10.4 Å². The summed E-state index contributed by atoms with van der Waals surface area (Å²) in [6.45, 7) is 1.03. The highest BCUT2D eigenvalue weighted by atomic mass is 19.1. The van der Waals surface area contributed by atoms with E-state index in [0.717, 1.165) is 6.07 Å². The maximum atomic E-state index is 13.1. The van der Waals surface area contributed by atoms with Gasteiger partial charge in [0.05, 0.1) is 12.2 Å². The lowest BCUT2D eigenvalue weighted by atomic mass is 10.2. The second kappa shape index (κ2) is 3.86. The first-order valence-electron chi connectivity index (χ1n) is 4.44. The minimum Gasteiger partial charge on any atom is -0.491 e. The number of hydrogen-bond acceptors (Lipinski definition) is 3. The summed E-state index contributed by atoms with van der Waals surface area (Å²) in [5, 5.41) is 8.58. The Hall–Kier alpha value is -1.62. The summed E-state index contributed by atoms with van der Waals surface area (Å²) in [6.07, 6.45) is 0.0900. The maximum absolute atomic E-state index is 13.1. The summed E-state index contributed by atoms with van der Waals surface area (Å²) in [7, 11) is 0. The molecule has 1 heterocycles. The molecule has 1 atom stereocenters. The number of halogens is 1. The number of carboxylic acid groups (broad SMARTS) is 1. The Morgan fingerprint density at radius 1 is 1.67 bits per heavy atom. The van der Waals surface area contributed by atoms with E-state index in [1.54, 1.807) is 0 Å². The van der Waals surface area contributed by atoms with Crippen LogP contribution in [-0.2, 0) is 4.74 Å². The number of aromatic carboxylic acids is 1. The molecule has 0 radical (unpaired) electrons. The van der Waals surface area contributed by atoms with Crippen LogP contribution in [0.25, 0.3) is 0 Å². The highest BCUT2D eigenvalue weighted by molar-refractivity contribution is 5.88. The third-order valence-electron chi connectivity index (χ3n) is 2.01. The van der Waals surface area contributed by atoms with Gasteiger partial charge < -0.3 is 14.6 Å². The van der Waals surface area contributed by atoms with E-state index in [-0.39, 0.29) is 11.7 Å².